The van der Waals surface area contributed by atoms with Gasteiger partial charge in [0.05, 0.1) is 26.7 Å². The summed E-state index contributed by atoms with van der Waals surface area (Å²) in [6.45, 7) is 3.60. The molecule has 0 saturated carbocycles. The molecule has 41 heavy (non-hydrogen) atoms. The Morgan fingerprint density at radius 1 is 0.927 bits per heavy atom. The molecule has 1 fully saturated rings. The molecule has 3 amide bonds. The van der Waals surface area contributed by atoms with E-state index in [2.05, 4.69) is 5.32 Å². The van der Waals surface area contributed by atoms with Crippen molar-refractivity contribution in [3.8, 4) is 0 Å². The molecule has 0 unspecified atom stereocenters. The molecule has 3 heterocycles. The lowest BCUT2D eigenvalue weighted by Gasteiger charge is -2.31. The Labute approximate surface area is 254 Å². The summed E-state index contributed by atoms with van der Waals surface area (Å²) in [5.41, 5.74) is 3.64. The van der Waals surface area contributed by atoms with Gasteiger partial charge in [-0.2, -0.15) is 0 Å². The zero-order chi connectivity index (χ0) is 29.0. The molecule has 6 rings (SSSR count). The lowest BCUT2D eigenvalue weighted by molar-refractivity contribution is -0.122. The molecule has 7 nitrogen and oxygen atoms in total. The van der Waals surface area contributed by atoms with Crippen molar-refractivity contribution in [2.45, 2.75) is 36.6 Å². The third-order valence-corrected chi connectivity index (χ3v) is 10.7. The second-order valence-electron chi connectivity index (χ2n) is 10.1. The van der Waals surface area contributed by atoms with E-state index in [0.717, 1.165) is 34.2 Å². The molecule has 11 heteroatoms. The molecular weight excluding hydrogens is 601 g/mol. The number of imide groups is 1. The topological polar surface area (TPSA) is 88.5 Å². The molecule has 0 aliphatic carbocycles. The quantitative estimate of drug-likeness (QED) is 0.265. The largest absolute Gasteiger partial charge is 0.325 e. The Kier molecular flexibility index (Phi) is 7.32. The standard InChI is InChI=1S/C30H23Cl2N3O4S2/c1-15-9-11-18(12-10-15)35-27(37)23-22(19-7-4-8-20(31)24(19)32)26-29(40-25(23)28(35)38)34(30(39)41-26)14-21(36)33-17-6-3-5-16(2)13-17/h3-13,22-23,25H,14H2,1-2H3,(H,33,36)/t22-,23-,25+/m0/s1. The predicted molar refractivity (Wildman–Crippen MR) is 163 cm³/mol. The summed E-state index contributed by atoms with van der Waals surface area (Å²) in [5, 5.41) is 3.06. The van der Waals surface area contributed by atoms with Crippen LogP contribution < -0.4 is 15.1 Å². The number of carbonyl (C=O) groups is 3. The normalized spacial score (nSPS) is 19.7. The second kappa shape index (κ2) is 10.8. The minimum atomic E-state index is -0.823. The van der Waals surface area contributed by atoms with Gasteiger partial charge in [0.1, 0.15) is 11.8 Å². The van der Waals surface area contributed by atoms with Crippen molar-refractivity contribution in [2.75, 3.05) is 10.2 Å². The fourth-order valence-electron chi connectivity index (χ4n) is 5.37. The van der Waals surface area contributed by atoms with Crippen molar-refractivity contribution in [3.05, 3.63) is 108 Å². The van der Waals surface area contributed by atoms with Gasteiger partial charge in [-0.15, -0.1) is 0 Å². The highest BCUT2D eigenvalue weighted by molar-refractivity contribution is 8.00. The number of anilines is 2. The first kappa shape index (κ1) is 27.8. The van der Waals surface area contributed by atoms with Crippen LogP contribution in [0.2, 0.25) is 10.0 Å². The van der Waals surface area contributed by atoms with E-state index >= 15 is 0 Å². The highest BCUT2D eigenvalue weighted by Gasteiger charge is 2.57. The van der Waals surface area contributed by atoms with Crippen molar-refractivity contribution < 1.29 is 14.4 Å². The predicted octanol–water partition coefficient (Wildman–Crippen LogP) is 6.27. The van der Waals surface area contributed by atoms with Gasteiger partial charge >= 0.3 is 4.87 Å². The van der Waals surface area contributed by atoms with Crippen LogP contribution in [0.25, 0.3) is 0 Å². The molecule has 1 saturated heterocycles. The number of thioether (sulfide) groups is 1. The summed E-state index contributed by atoms with van der Waals surface area (Å²) >= 11 is 15.2. The number of thiazole rings is 1. The number of aromatic nitrogens is 1. The summed E-state index contributed by atoms with van der Waals surface area (Å²) in [7, 11) is 0. The number of carbonyl (C=O) groups excluding carboxylic acids is 3. The number of fused-ring (bicyclic) bond motifs is 2. The van der Waals surface area contributed by atoms with Gasteiger partial charge in [-0.25, -0.2) is 4.90 Å². The molecule has 1 aromatic heterocycles. The first-order chi connectivity index (χ1) is 19.6. The minimum absolute atomic E-state index is 0.247. The van der Waals surface area contributed by atoms with Gasteiger partial charge in [0.25, 0.3) is 0 Å². The Balaban J connectivity index is 1.44. The van der Waals surface area contributed by atoms with Crippen LogP contribution in [0, 0.1) is 19.8 Å². The van der Waals surface area contributed by atoms with Gasteiger partial charge in [0.2, 0.25) is 17.7 Å². The van der Waals surface area contributed by atoms with Gasteiger partial charge in [-0.1, -0.05) is 88.3 Å². The van der Waals surface area contributed by atoms with E-state index in [0.29, 0.717) is 31.9 Å². The van der Waals surface area contributed by atoms with Crippen molar-refractivity contribution in [3.63, 3.8) is 0 Å². The maximum absolute atomic E-state index is 14.0. The number of nitrogens with one attached hydrogen (secondary N) is 1. The number of amides is 3. The summed E-state index contributed by atoms with van der Waals surface area (Å²) < 4.78 is 1.38. The zero-order valence-electron chi connectivity index (χ0n) is 21.9. The van der Waals surface area contributed by atoms with E-state index < -0.39 is 17.1 Å². The maximum atomic E-state index is 14.0. The van der Waals surface area contributed by atoms with Crippen LogP contribution in [0.15, 0.2) is 76.6 Å². The first-order valence-corrected chi connectivity index (χ1v) is 15.2. The highest BCUT2D eigenvalue weighted by Crippen LogP contribution is 2.55. The molecule has 0 radical (unpaired) electrons. The number of aryl methyl sites for hydroxylation is 2. The van der Waals surface area contributed by atoms with Crippen LogP contribution in [0.3, 0.4) is 0 Å². The monoisotopic (exact) mass is 623 g/mol. The van der Waals surface area contributed by atoms with E-state index in [1.165, 1.54) is 9.47 Å². The molecule has 1 N–H and O–H groups in total. The molecule has 4 aromatic rings. The minimum Gasteiger partial charge on any atom is -0.325 e. The first-order valence-electron chi connectivity index (χ1n) is 12.8. The smallest absolute Gasteiger partial charge is 0.308 e. The lowest BCUT2D eigenvalue weighted by Crippen LogP contribution is -2.33. The highest BCUT2D eigenvalue weighted by atomic mass is 35.5. The molecule has 0 bridgehead atoms. The average molecular weight is 625 g/mol. The van der Waals surface area contributed by atoms with Crippen molar-refractivity contribution >= 4 is 75.4 Å². The number of nitrogens with zero attached hydrogens (tertiary/aromatic N) is 2. The van der Waals surface area contributed by atoms with Crippen molar-refractivity contribution in [1.82, 2.24) is 4.57 Å². The number of rotatable bonds is 5. The van der Waals surface area contributed by atoms with E-state index in [1.54, 1.807) is 36.4 Å². The number of halogens is 2. The van der Waals surface area contributed by atoms with Gasteiger partial charge in [-0.05, 0) is 55.3 Å². The van der Waals surface area contributed by atoms with E-state index in [1.807, 2.05) is 44.2 Å². The SMILES string of the molecule is Cc1ccc(N2C(=O)[C@H]3[C@H](c4cccc(Cl)c4Cl)c4sc(=O)n(CC(=O)Nc5cccc(C)c5)c4S[C@H]3C2=O)cc1. The van der Waals surface area contributed by atoms with Gasteiger partial charge < -0.3 is 5.32 Å². The summed E-state index contributed by atoms with van der Waals surface area (Å²) in [6, 6.07) is 19.7. The maximum Gasteiger partial charge on any atom is 0.308 e. The Morgan fingerprint density at radius 3 is 2.39 bits per heavy atom. The summed E-state index contributed by atoms with van der Waals surface area (Å²) in [6.07, 6.45) is 0. The van der Waals surface area contributed by atoms with Crippen LogP contribution in [0.5, 0.6) is 0 Å². The molecule has 3 aromatic carbocycles. The van der Waals surface area contributed by atoms with Gasteiger partial charge in [-0.3, -0.25) is 23.7 Å². The third-order valence-electron chi connectivity index (χ3n) is 7.26. The summed E-state index contributed by atoms with van der Waals surface area (Å²) in [5.74, 6) is -2.64. The molecule has 208 valence electrons. The number of benzene rings is 3. The molecule has 3 atom stereocenters. The van der Waals surface area contributed by atoms with Crippen LogP contribution >= 0.6 is 46.3 Å². The van der Waals surface area contributed by atoms with Crippen LogP contribution in [-0.2, 0) is 20.9 Å². The van der Waals surface area contributed by atoms with E-state index in [-0.39, 0.29) is 34.2 Å². The average Bonchev–Trinajstić information content (AvgIpc) is 3.37. The van der Waals surface area contributed by atoms with E-state index in [9.17, 15) is 19.2 Å². The molecule has 2 aliphatic rings. The fourth-order valence-corrected chi connectivity index (χ4v) is 8.56. The second-order valence-corrected chi connectivity index (χ2v) is 13.0. The van der Waals surface area contributed by atoms with Gasteiger partial charge in [0.15, 0.2) is 0 Å². The Bertz CT molecular complexity index is 1780. The number of hydrogen-bond acceptors (Lipinski definition) is 6. The van der Waals surface area contributed by atoms with Crippen molar-refractivity contribution in [1.29, 1.82) is 0 Å². The van der Waals surface area contributed by atoms with Crippen molar-refractivity contribution in [2.24, 2.45) is 5.92 Å². The zero-order valence-corrected chi connectivity index (χ0v) is 25.0. The summed E-state index contributed by atoms with van der Waals surface area (Å²) in [4.78, 5) is 55.7. The van der Waals surface area contributed by atoms with Crippen LogP contribution in [-0.4, -0.2) is 27.5 Å². The fraction of sp³-hybridized carbons (Fsp3) is 0.200. The molecular formula is C30H23Cl2N3O4S2. The van der Waals surface area contributed by atoms with E-state index in [4.69, 9.17) is 23.2 Å². The van der Waals surface area contributed by atoms with Gasteiger partial charge in [0, 0.05) is 16.5 Å². The molecule has 0 spiro atoms. The Morgan fingerprint density at radius 2 is 1.66 bits per heavy atom. The molecule has 2 aliphatic heterocycles. The lowest BCUT2D eigenvalue weighted by atomic mass is 9.83. The number of hydrogen-bond donors (Lipinski definition) is 1. The third kappa shape index (κ3) is 4.91. The van der Waals surface area contributed by atoms with Crippen LogP contribution in [0.1, 0.15) is 27.5 Å². The Hall–Kier alpha value is -3.37. The van der Waals surface area contributed by atoms with Crippen LogP contribution in [0.4, 0.5) is 11.4 Å².